The van der Waals surface area contributed by atoms with Gasteiger partial charge in [-0.1, -0.05) is 30.3 Å². The van der Waals surface area contributed by atoms with Crippen LogP contribution in [-0.2, 0) is 9.53 Å². The van der Waals surface area contributed by atoms with E-state index >= 15 is 0 Å². The lowest BCUT2D eigenvalue weighted by Gasteiger charge is -2.21. The molecule has 10 nitrogen and oxygen atoms in total. The zero-order chi connectivity index (χ0) is 27.1. The summed E-state index contributed by atoms with van der Waals surface area (Å²) in [5.74, 6) is -0.421. The van der Waals surface area contributed by atoms with Crippen molar-refractivity contribution in [2.45, 2.75) is 0 Å². The van der Waals surface area contributed by atoms with Crippen molar-refractivity contribution in [1.29, 1.82) is 0 Å². The molecule has 0 saturated heterocycles. The second kappa shape index (κ2) is 12.0. The zero-order valence-corrected chi connectivity index (χ0v) is 20.6. The van der Waals surface area contributed by atoms with Gasteiger partial charge in [-0.15, -0.1) is 0 Å². The molecule has 0 saturated carbocycles. The standard InChI is InChI=1S/C28H27N3O7/c1-37-28(36)38-21-11-12-22-23(17-21)30-26(34)24(22)25(18-5-3-2-4-6-18)29-20-9-7-19(8-10-20)27(35)31(13-15-32)14-16-33/h2-12,17,29,32-33H,13-16H2,1H3,(H,30,34)/b25-24-. The number of hydrogen-bond donors (Lipinski definition) is 4. The number of rotatable bonds is 9. The molecule has 0 spiro atoms. The number of carbonyl (C=O) groups excluding carboxylic acids is 3. The number of hydrogen-bond acceptors (Lipinski definition) is 8. The third-order valence-corrected chi connectivity index (χ3v) is 5.84. The smallest absolute Gasteiger partial charge is 0.437 e. The van der Waals surface area contributed by atoms with E-state index in [0.717, 1.165) is 5.56 Å². The summed E-state index contributed by atoms with van der Waals surface area (Å²) in [6.07, 6.45) is -0.866. The maximum absolute atomic E-state index is 13.1. The Kier molecular flexibility index (Phi) is 8.37. The second-order valence-electron chi connectivity index (χ2n) is 8.28. The Hall–Kier alpha value is -4.67. The summed E-state index contributed by atoms with van der Waals surface area (Å²) < 4.78 is 9.60. The monoisotopic (exact) mass is 517 g/mol. The maximum Gasteiger partial charge on any atom is 0.513 e. The van der Waals surface area contributed by atoms with Gasteiger partial charge in [-0.05, 0) is 42.0 Å². The zero-order valence-electron chi connectivity index (χ0n) is 20.6. The molecule has 2 amide bonds. The Morgan fingerprint density at radius 2 is 1.61 bits per heavy atom. The van der Waals surface area contributed by atoms with Gasteiger partial charge in [0, 0.05) is 36.0 Å². The van der Waals surface area contributed by atoms with Crippen molar-refractivity contribution in [2.24, 2.45) is 0 Å². The van der Waals surface area contributed by atoms with E-state index in [0.29, 0.717) is 33.8 Å². The Morgan fingerprint density at radius 1 is 0.921 bits per heavy atom. The average Bonchev–Trinajstić information content (AvgIpc) is 3.26. The summed E-state index contributed by atoms with van der Waals surface area (Å²) in [5.41, 5.74) is 3.84. The summed E-state index contributed by atoms with van der Waals surface area (Å²) in [6, 6.07) is 20.8. The normalized spacial score (nSPS) is 13.3. The molecular weight excluding hydrogens is 490 g/mol. The van der Waals surface area contributed by atoms with E-state index in [4.69, 9.17) is 4.74 Å². The molecule has 0 bridgehead atoms. The summed E-state index contributed by atoms with van der Waals surface area (Å²) >= 11 is 0. The first kappa shape index (κ1) is 26.4. The van der Waals surface area contributed by atoms with Crippen LogP contribution in [-0.4, -0.2) is 66.5 Å². The molecule has 0 atom stereocenters. The van der Waals surface area contributed by atoms with Gasteiger partial charge >= 0.3 is 6.16 Å². The van der Waals surface area contributed by atoms with Crippen LogP contribution in [0, 0.1) is 0 Å². The lowest BCUT2D eigenvalue weighted by Crippen LogP contribution is -2.35. The first-order valence-electron chi connectivity index (χ1n) is 11.8. The fourth-order valence-corrected chi connectivity index (χ4v) is 4.06. The number of aliphatic hydroxyl groups excluding tert-OH is 2. The number of ether oxygens (including phenoxy) is 2. The van der Waals surface area contributed by atoms with Crippen molar-refractivity contribution in [1.82, 2.24) is 4.90 Å². The number of amides is 2. The molecule has 1 aliphatic rings. The molecule has 0 aromatic heterocycles. The largest absolute Gasteiger partial charge is 0.513 e. The first-order chi connectivity index (χ1) is 18.4. The molecule has 3 aromatic rings. The summed E-state index contributed by atoms with van der Waals surface area (Å²) in [4.78, 5) is 38.8. The van der Waals surface area contributed by atoms with Crippen molar-refractivity contribution in [2.75, 3.05) is 44.0 Å². The van der Waals surface area contributed by atoms with Crippen molar-refractivity contribution >= 4 is 40.6 Å². The summed E-state index contributed by atoms with van der Waals surface area (Å²) in [5, 5.41) is 24.6. The van der Waals surface area contributed by atoms with Gasteiger partial charge in [0.25, 0.3) is 11.8 Å². The van der Waals surface area contributed by atoms with Gasteiger partial charge in [0.2, 0.25) is 0 Å². The van der Waals surface area contributed by atoms with Crippen LogP contribution >= 0.6 is 0 Å². The van der Waals surface area contributed by atoms with Crippen LogP contribution in [0.5, 0.6) is 5.75 Å². The van der Waals surface area contributed by atoms with Crippen LogP contribution in [0.15, 0.2) is 72.8 Å². The molecule has 4 rings (SSSR count). The van der Waals surface area contributed by atoms with Crippen LogP contribution in [0.2, 0.25) is 0 Å². The molecular formula is C28H27N3O7. The molecule has 0 radical (unpaired) electrons. The van der Waals surface area contributed by atoms with Gasteiger partial charge in [-0.2, -0.15) is 0 Å². The van der Waals surface area contributed by atoms with Gasteiger partial charge in [-0.3, -0.25) is 9.59 Å². The highest BCUT2D eigenvalue weighted by Gasteiger charge is 2.29. The van der Waals surface area contributed by atoms with Crippen LogP contribution in [0.3, 0.4) is 0 Å². The predicted octanol–water partition coefficient (Wildman–Crippen LogP) is 3.19. The Labute approximate surface area is 219 Å². The minimum absolute atomic E-state index is 0.116. The maximum atomic E-state index is 13.1. The van der Waals surface area contributed by atoms with Gasteiger partial charge < -0.3 is 35.2 Å². The fraction of sp³-hybridized carbons (Fsp3) is 0.179. The predicted molar refractivity (Wildman–Crippen MR) is 142 cm³/mol. The molecule has 1 heterocycles. The molecule has 0 aliphatic carbocycles. The van der Waals surface area contributed by atoms with E-state index < -0.39 is 6.16 Å². The van der Waals surface area contributed by atoms with Gasteiger partial charge in [0.1, 0.15) is 5.75 Å². The molecule has 10 heteroatoms. The lowest BCUT2D eigenvalue weighted by molar-refractivity contribution is -0.110. The topological polar surface area (TPSA) is 137 Å². The molecule has 3 aromatic carbocycles. The van der Waals surface area contributed by atoms with E-state index in [9.17, 15) is 24.6 Å². The number of aliphatic hydroxyl groups is 2. The number of carbonyl (C=O) groups is 3. The first-order valence-corrected chi connectivity index (χ1v) is 11.8. The number of anilines is 2. The van der Waals surface area contributed by atoms with Crippen molar-refractivity contribution in [3.8, 4) is 5.75 Å². The molecule has 1 aliphatic heterocycles. The number of nitrogens with one attached hydrogen (secondary N) is 2. The average molecular weight is 518 g/mol. The van der Waals surface area contributed by atoms with Gasteiger partial charge in [-0.25, -0.2) is 4.79 Å². The van der Waals surface area contributed by atoms with Crippen LogP contribution < -0.4 is 15.4 Å². The minimum atomic E-state index is -0.866. The van der Waals surface area contributed by atoms with Gasteiger partial charge in [0.15, 0.2) is 0 Å². The van der Waals surface area contributed by atoms with E-state index in [1.165, 1.54) is 12.0 Å². The highest BCUT2D eigenvalue weighted by Crippen LogP contribution is 2.39. The number of nitrogens with zero attached hydrogens (tertiary/aromatic N) is 1. The lowest BCUT2D eigenvalue weighted by atomic mass is 10.00. The van der Waals surface area contributed by atoms with E-state index in [-0.39, 0.29) is 43.9 Å². The summed E-state index contributed by atoms with van der Waals surface area (Å²) in [7, 11) is 1.21. The third-order valence-electron chi connectivity index (χ3n) is 5.84. The SMILES string of the molecule is COC(=O)Oc1ccc2c(c1)NC(=O)/C2=C(\Nc1ccc(C(=O)N(CCO)CCO)cc1)c1ccccc1. The molecule has 196 valence electrons. The molecule has 4 N–H and O–H groups in total. The number of fused-ring (bicyclic) bond motifs is 1. The third kappa shape index (κ3) is 5.83. The number of methoxy groups -OCH3 is 1. The Bertz CT molecular complexity index is 1350. The minimum Gasteiger partial charge on any atom is -0.437 e. The van der Waals surface area contributed by atoms with Crippen LogP contribution in [0.25, 0.3) is 11.3 Å². The van der Waals surface area contributed by atoms with E-state index in [2.05, 4.69) is 15.4 Å². The van der Waals surface area contributed by atoms with Gasteiger partial charge in [0.05, 0.1) is 37.3 Å². The molecule has 0 fully saturated rings. The van der Waals surface area contributed by atoms with Crippen molar-refractivity contribution < 1.29 is 34.1 Å². The van der Waals surface area contributed by atoms with Crippen LogP contribution in [0.4, 0.5) is 16.2 Å². The molecule has 0 unspecified atom stereocenters. The second-order valence-corrected chi connectivity index (χ2v) is 8.28. The van der Waals surface area contributed by atoms with Crippen molar-refractivity contribution in [3.05, 3.63) is 89.5 Å². The van der Waals surface area contributed by atoms with Crippen molar-refractivity contribution in [3.63, 3.8) is 0 Å². The van der Waals surface area contributed by atoms with E-state index in [1.54, 1.807) is 42.5 Å². The highest BCUT2D eigenvalue weighted by molar-refractivity contribution is 6.37. The fourth-order valence-electron chi connectivity index (χ4n) is 4.06. The Morgan fingerprint density at radius 3 is 2.24 bits per heavy atom. The van der Waals surface area contributed by atoms with E-state index in [1.807, 2.05) is 30.3 Å². The quantitative estimate of drug-likeness (QED) is 0.193. The summed E-state index contributed by atoms with van der Waals surface area (Å²) in [6.45, 7) is -0.187. The van der Waals surface area contributed by atoms with Crippen LogP contribution in [0.1, 0.15) is 21.5 Å². The Balaban J connectivity index is 1.68. The molecule has 38 heavy (non-hydrogen) atoms. The highest BCUT2D eigenvalue weighted by atomic mass is 16.7. The number of benzene rings is 3.